The van der Waals surface area contributed by atoms with Crippen molar-refractivity contribution >= 4 is 70.3 Å². The number of ether oxygens (including phenoxy) is 3. The zero-order valence-electron chi connectivity index (χ0n) is 51.7. The number of H-pyrrole nitrogens is 2. The average molecular weight is 1420 g/mol. The Labute approximate surface area is 563 Å². The molecule has 0 bridgehead atoms. The second-order valence-electron chi connectivity index (χ2n) is 20.5. The maximum absolute atomic E-state index is 14.0. The monoisotopic (exact) mass is 1410 g/mol. The van der Waals surface area contributed by atoms with Gasteiger partial charge in [-0.25, -0.2) is 39.1 Å². The van der Waals surface area contributed by atoms with E-state index < -0.39 is 65.8 Å². The fraction of sp³-hybridized carbons (Fsp3) is 0.224. The molecular formula is C67H57Cl4F9N8O8. The standard InChI is InChI=1S/C20H17ClF3N3O2.C18H13ClF3N3O2.C15H13ClF3NO2.C14H14ClNO2/c1-3-29-19(28)17-16(13-5-7-14(21)8-6-13)12(2)18(20(22,23)24)27(17)11-15-25-9-4-10-26-15;1-10-14(11-3-5-12(19)6-4-11)15(17(26)27)25(16(10)18(20,21)22)9-13-23-7-2-8-24-13;1-3-22-14(21)12-11(9-4-6-10(16)7-5-9)8(2)13(20-12)15(17,18)19;1-3-18-14(17)13-12(9(2)8-16-13)10-4-6-11(15)7-5-10/h4-10H,3,11H2,1-2H3;2-8H,9H2,1H3,(H,26,27);4-7,20H,3H2,1-2H3;4-8,16H,3H2,1-2H3. The van der Waals surface area contributed by atoms with E-state index in [1.54, 1.807) is 93.7 Å². The van der Waals surface area contributed by atoms with E-state index in [2.05, 4.69) is 29.9 Å². The summed E-state index contributed by atoms with van der Waals surface area (Å²) in [6.45, 7) is 10.5. The quantitative estimate of drug-likeness (QED) is 0.0497. The molecule has 0 fully saturated rings. The second kappa shape index (κ2) is 31.9. The van der Waals surface area contributed by atoms with Crippen LogP contribution in [0.2, 0.25) is 20.1 Å². The van der Waals surface area contributed by atoms with Gasteiger partial charge in [0, 0.05) is 73.3 Å². The number of nitrogens with zero attached hydrogens (tertiary/aromatic N) is 6. The Bertz CT molecular complexity index is 4350. The molecule has 10 aromatic rings. The molecule has 0 radical (unpaired) electrons. The van der Waals surface area contributed by atoms with Crippen LogP contribution in [0.25, 0.3) is 44.5 Å². The van der Waals surface area contributed by atoms with Crippen molar-refractivity contribution in [3.8, 4) is 44.5 Å². The molecule has 0 spiro atoms. The van der Waals surface area contributed by atoms with E-state index >= 15 is 0 Å². The van der Waals surface area contributed by atoms with Gasteiger partial charge in [-0.15, -0.1) is 0 Å². The summed E-state index contributed by atoms with van der Waals surface area (Å²) in [4.78, 5) is 69.4. The minimum atomic E-state index is -4.76. The van der Waals surface area contributed by atoms with E-state index in [1.165, 1.54) is 75.9 Å². The van der Waals surface area contributed by atoms with E-state index in [9.17, 15) is 63.8 Å². The van der Waals surface area contributed by atoms with Gasteiger partial charge in [0.25, 0.3) is 0 Å². The van der Waals surface area contributed by atoms with E-state index in [-0.39, 0.29) is 82.1 Å². The summed E-state index contributed by atoms with van der Waals surface area (Å²) in [6.07, 6.45) is -6.63. The number of hydrogen-bond donors (Lipinski definition) is 3. The van der Waals surface area contributed by atoms with Gasteiger partial charge in [0.15, 0.2) is 0 Å². The lowest BCUT2D eigenvalue weighted by atomic mass is 10.0. The van der Waals surface area contributed by atoms with Gasteiger partial charge in [0.05, 0.1) is 32.9 Å². The first-order valence-corrected chi connectivity index (χ1v) is 30.2. The Morgan fingerprint density at radius 1 is 0.458 bits per heavy atom. The van der Waals surface area contributed by atoms with Crippen LogP contribution in [0.1, 0.15) is 114 Å². The number of halogens is 13. The zero-order chi connectivity index (χ0) is 70.6. The van der Waals surface area contributed by atoms with Crippen molar-refractivity contribution in [2.75, 3.05) is 19.8 Å². The Hall–Kier alpha value is -9.43. The van der Waals surface area contributed by atoms with Crippen LogP contribution in [0.5, 0.6) is 0 Å². The van der Waals surface area contributed by atoms with Gasteiger partial charge >= 0.3 is 42.4 Å². The number of nitrogens with one attached hydrogen (secondary N) is 2. The average Bonchev–Trinajstić information content (AvgIpc) is 1.61. The summed E-state index contributed by atoms with van der Waals surface area (Å²) in [6, 6.07) is 28.9. The Morgan fingerprint density at radius 2 is 0.792 bits per heavy atom. The Balaban J connectivity index is 0.000000183. The van der Waals surface area contributed by atoms with Crippen LogP contribution in [-0.4, -0.2) is 87.8 Å². The molecule has 6 heterocycles. The molecule has 0 atom stereocenters. The normalized spacial score (nSPS) is 11.3. The topological polar surface area (TPSA) is 209 Å². The summed E-state index contributed by atoms with van der Waals surface area (Å²) in [5.41, 5.74) is 0.634. The van der Waals surface area contributed by atoms with Gasteiger partial charge in [0.1, 0.15) is 51.5 Å². The number of carbonyl (C=O) groups is 4. The van der Waals surface area contributed by atoms with E-state index in [0.29, 0.717) is 53.6 Å². The molecule has 0 amide bonds. The van der Waals surface area contributed by atoms with Gasteiger partial charge in [-0.2, -0.15) is 39.5 Å². The van der Waals surface area contributed by atoms with Crippen molar-refractivity contribution in [1.29, 1.82) is 0 Å². The third kappa shape index (κ3) is 17.7. The van der Waals surface area contributed by atoms with E-state index in [1.807, 2.05) is 19.1 Å². The molecular weight excluding hydrogens is 1360 g/mol. The molecule has 4 aromatic carbocycles. The van der Waals surface area contributed by atoms with E-state index in [4.69, 9.17) is 60.6 Å². The number of rotatable bonds is 15. The van der Waals surface area contributed by atoms with Gasteiger partial charge in [-0.1, -0.05) is 94.9 Å². The van der Waals surface area contributed by atoms with Crippen molar-refractivity contribution in [2.45, 2.75) is 80.1 Å². The van der Waals surface area contributed by atoms with Gasteiger partial charge in [0.2, 0.25) is 0 Å². The molecule has 6 aromatic heterocycles. The van der Waals surface area contributed by atoms with Crippen LogP contribution in [-0.2, 0) is 45.8 Å². The number of carbonyl (C=O) groups excluding carboxylic acids is 3. The molecule has 3 N–H and O–H groups in total. The number of aromatic amines is 2. The Morgan fingerprint density at radius 3 is 1.15 bits per heavy atom. The molecule has 0 aliphatic carbocycles. The lowest BCUT2D eigenvalue weighted by Crippen LogP contribution is -2.21. The van der Waals surface area contributed by atoms with Crippen LogP contribution in [0, 0.1) is 27.7 Å². The fourth-order valence-electron chi connectivity index (χ4n) is 10.3. The van der Waals surface area contributed by atoms with Crippen LogP contribution >= 0.6 is 46.4 Å². The summed E-state index contributed by atoms with van der Waals surface area (Å²) < 4.78 is 139. The molecule has 0 aliphatic heterocycles. The zero-order valence-corrected chi connectivity index (χ0v) is 54.7. The summed E-state index contributed by atoms with van der Waals surface area (Å²) in [5, 5.41) is 11.6. The first kappa shape index (κ1) is 74.0. The van der Waals surface area contributed by atoms with Crippen LogP contribution in [0.3, 0.4) is 0 Å². The molecule has 0 saturated carbocycles. The fourth-order valence-corrected chi connectivity index (χ4v) is 10.8. The lowest BCUT2D eigenvalue weighted by Gasteiger charge is -2.15. The summed E-state index contributed by atoms with van der Waals surface area (Å²) in [7, 11) is 0. The minimum Gasteiger partial charge on any atom is -0.477 e. The number of carboxylic acid groups (broad SMARTS) is 1. The third-order valence-corrected chi connectivity index (χ3v) is 15.2. The number of aromatic carboxylic acids is 1. The number of alkyl halides is 9. The molecule has 0 aliphatic rings. The van der Waals surface area contributed by atoms with Crippen LogP contribution in [0.4, 0.5) is 39.5 Å². The summed E-state index contributed by atoms with van der Waals surface area (Å²) in [5.74, 6) is -3.28. The Kier molecular flexibility index (Phi) is 24.6. The molecule has 16 nitrogen and oxygen atoms in total. The predicted molar refractivity (Wildman–Crippen MR) is 343 cm³/mol. The predicted octanol–water partition coefficient (Wildman–Crippen LogP) is 18.5. The maximum atomic E-state index is 14.0. The van der Waals surface area contributed by atoms with Gasteiger partial charge in [-0.3, -0.25) is 0 Å². The number of hydrogen-bond acceptors (Lipinski definition) is 11. The highest BCUT2D eigenvalue weighted by atomic mass is 35.5. The lowest BCUT2D eigenvalue weighted by molar-refractivity contribution is -0.144. The number of aryl methyl sites for hydroxylation is 1. The molecule has 10 rings (SSSR count). The largest absolute Gasteiger partial charge is 0.477 e. The van der Waals surface area contributed by atoms with Crippen molar-refractivity contribution < 1.29 is 78.0 Å². The van der Waals surface area contributed by atoms with Crippen molar-refractivity contribution in [3.05, 3.63) is 234 Å². The first-order chi connectivity index (χ1) is 45.3. The smallest absolute Gasteiger partial charge is 0.431 e. The van der Waals surface area contributed by atoms with Gasteiger partial charge in [-0.05, 0) is 154 Å². The van der Waals surface area contributed by atoms with Crippen molar-refractivity contribution in [2.24, 2.45) is 0 Å². The first-order valence-electron chi connectivity index (χ1n) is 28.7. The molecule has 29 heteroatoms. The van der Waals surface area contributed by atoms with Crippen molar-refractivity contribution in [3.63, 3.8) is 0 Å². The minimum absolute atomic E-state index is 0.0116. The SMILES string of the molecule is CCOC(=O)c1[nH]c(C(F)(F)F)c(C)c1-c1ccc(Cl)cc1.CCOC(=O)c1[nH]cc(C)c1-c1ccc(Cl)cc1.CCOC(=O)c1c(-c2ccc(Cl)cc2)c(C)c(C(F)(F)F)n1Cc1ncccn1.Cc1c(-c2ccc(Cl)cc2)c(C(=O)O)n(Cc2ncccn2)c1C(F)(F)F. The highest BCUT2D eigenvalue weighted by molar-refractivity contribution is 6.31. The molecule has 0 unspecified atom stereocenters. The molecule has 504 valence electrons. The summed E-state index contributed by atoms with van der Waals surface area (Å²) >= 11 is 23.4. The second-order valence-corrected chi connectivity index (χ2v) is 22.2. The highest BCUT2D eigenvalue weighted by Crippen LogP contribution is 2.44. The number of carboxylic acids is 1. The van der Waals surface area contributed by atoms with E-state index in [0.717, 1.165) is 21.3 Å². The maximum Gasteiger partial charge on any atom is 0.431 e. The molecule has 0 saturated heterocycles. The van der Waals surface area contributed by atoms with Crippen LogP contribution < -0.4 is 0 Å². The molecule has 96 heavy (non-hydrogen) atoms. The van der Waals surface area contributed by atoms with Crippen LogP contribution in [0.15, 0.2) is 140 Å². The highest BCUT2D eigenvalue weighted by Gasteiger charge is 2.43. The van der Waals surface area contributed by atoms with Gasteiger partial charge < -0.3 is 38.4 Å². The number of benzene rings is 4. The van der Waals surface area contributed by atoms with Crippen molar-refractivity contribution in [1.82, 2.24) is 39.0 Å². The number of aromatic nitrogens is 8. The third-order valence-electron chi connectivity index (χ3n) is 14.2. The number of esters is 3.